The first-order chi connectivity index (χ1) is 34.1. The lowest BCUT2D eigenvalue weighted by Crippen LogP contribution is -2.62. The van der Waals surface area contributed by atoms with Gasteiger partial charge in [0.05, 0.1) is 53.2 Å². The summed E-state index contributed by atoms with van der Waals surface area (Å²) in [6.07, 6.45) is 11.6. The predicted octanol–water partition coefficient (Wildman–Crippen LogP) is 8.35. The van der Waals surface area contributed by atoms with Gasteiger partial charge >= 0.3 is 6.09 Å². The molecule has 10 heterocycles. The minimum Gasteiger partial charge on any atom is -0.444 e. The fourth-order valence-electron chi connectivity index (χ4n) is 9.16. The van der Waals surface area contributed by atoms with Crippen molar-refractivity contribution in [1.82, 2.24) is 60.1 Å². The zero-order valence-electron chi connectivity index (χ0n) is 40.8. The SMILES string of the molecule is CC(C)(C)OC(=O)N1CCN(c2cccc(CNc3ncnc4[nH]cc(-c5ccncc5F)c34)n2)CC1(C)C.C[C@@H]1CN(c2cccc(CNc3ncnc4[nH]cc(-c5ccncc5F)c34)n2)C[C@H](C)N1. The molecule has 1 amide bonds. The topological polar surface area (TPSA) is 207 Å². The van der Waals surface area contributed by atoms with Crippen molar-refractivity contribution >= 4 is 51.4 Å². The number of anilines is 4. The number of aromatic amines is 2. The van der Waals surface area contributed by atoms with Gasteiger partial charge in [0.15, 0.2) is 0 Å². The Balaban J connectivity index is 0.000000179. The standard InChI is InChI=1S/C28H33FN8O2.C23H25FN8/c1-27(2,3)39-26(38)37-12-11-36(16-28(37,4)5)22-8-6-7-18(35-22)13-31-24-23-20(14-32-25(23)34-17-33-24)19-9-10-30-15-21(19)29;1-14-11-32(12-15(2)30-14)20-5-3-4-16(31-20)8-26-22-21-18(9-27-23(21)29-13-28-22)17-6-7-25-10-19(17)24/h6-10,14-15,17H,11-13,16H2,1-5H3,(H2,31,32,33,34);3-7,9-10,13-15,30H,8,11-12H2,1-2H3,(H2,26,27,28,29)/t;14-,15+. The van der Waals surface area contributed by atoms with Gasteiger partial charge in [-0.1, -0.05) is 12.1 Å². The number of aromatic nitrogens is 10. The highest BCUT2D eigenvalue weighted by Gasteiger charge is 2.39. The van der Waals surface area contributed by atoms with Gasteiger partial charge in [-0.25, -0.2) is 43.5 Å². The second-order valence-electron chi connectivity index (χ2n) is 19.4. The lowest BCUT2D eigenvalue weighted by atomic mass is 9.99. The Morgan fingerprint density at radius 1 is 0.718 bits per heavy atom. The van der Waals surface area contributed by atoms with E-state index in [9.17, 15) is 13.6 Å². The van der Waals surface area contributed by atoms with E-state index < -0.39 is 22.8 Å². The summed E-state index contributed by atoms with van der Waals surface area (Å²) >= 11 is 0. The van der Waals surface area contributed by atoms with Gasteiger partial charge in [0.1, 0.15) is 64.5 Å². The lowest BCUT2D eigenvalue weighted by Gasteiger charge is -2.47. The number of ether oxygens (including phenoxy) is 1. The lowest BCUT2D eigenvalue weighted by molar-refractivity contribution is 0.000297. The molecular formula is C51H58F2N16O2. The number of carbonyl (C=O) groups excluding carboxylic acids is 1. The molecule has 0 unspecified atom stereocenters. The van der Waals surface area contributed by atoms with Crippen LogP contribution in [0.25, 0.3) is 44.3 Å². The minimum absolute atomic E-state index is 0.301. The first kappa shape index (κ1) is 48.2. The average Bonchev–Trinajstić information content (AvgIpc) is 3.98. The average molecular weight is 965 g/mol. The summed E-state index contributed by atoms with van der Waals surface area (Å²) in [6, 6.07) is 16.1. The number of hydrogen-bond donors (Lipinski definition) is 5. The van der Waals surface area contributed by atoms with Crippen molar-refractivity contribution in [2.45, 2.75) is 84.8 Å². The Labute approximate surface area is 410 Å². The van der Waals surface area contributed by atoms with Crippen LogP contribution in [-0.4, -0.2) is 117 Å². The predicted molar refractivity (Wildman–Crippen MR) is 271 cm³/mol. The van der Waals surface area contributed by atoms with Crippen molar-refractivity contribution in [1.29, 1.82) is 0 Å². The molecule has 2 saturated heterocycles. The van der Waals surface area contributed by atoms with Gasteiger partial charge < -0.3 is 40.5 Å². The Bertz CT molecular complexity index is 3140. The van der Waals surface area contributed by atoms with Gasteiger partial charge in [-0.3, -0.25) is 14.9 Å². The number of H-pyrrole nitrogens is 2. The highest BCUT2D eigenvalue weighted by Crippen LogP contribution is 2.35. The molecule has 0 aliphatic carbocycles. The van der Waals surface area contributed by atoms with Crippen molar-refractivity contribution in [2.24, 2.45) is 0 Å². The minimum atomic E-state index is -0.546. The number of rotatable bonds is 10. The molecule has 10 rings (SSSR count). The van der Waals surface area contributed by atoms with E-state index in [1.165, 1.54) is 25.0 Å². The number of carbonyl (C=O) groups is 1. The molecule has 71 heavy (non-hydrogen) atoms. The number of amides is 1. The first-order valence-corrected chi connectivity index (χ1v) is 23.6. The fraction of sp³-hybridized carbons (Fsp3) is 0.353. The molecule has 8 aromatic rings. The zero-order valence-corrected chi connectivity index (χ0v) is 40.8. The number of halogens is 2. The monoisotopic (exact) mass is 964 g/mol. The van der Waals surface area contributed by atoms with E-state index in [1.54, 1.807) is 41.8 Å². The maximum Gasteiger partial charge on any atom is 0.410 e. The Morgan fingerprint density at radius 3 is 1.70 bits per heavy atom. The summed E-state index contributed by atoms with van der Waals surface area (Å²) in [4.78, 5) is 60.1. The van der Waals surface area contributed by atoms with Crippen LogP contribution < -0.4 is 25.8 Å². The van der Waals surface area contributed by atoms with Gasteiger partial charge in [0, 0.05) is 91.8 Å². The van der Waals surface area contributed by atoms with E-state index >= 15 is 0 Å². The molecular weight excluding hydrogens is 907 g/mol. The fourth-order valence-corrected chi connectivity index (χ4v) is 9.16. The van der Waals surface area contributed by atoms with Gasteiger partial charge in [0.25, 0.3) is 0 Å². The van der Waals surface area contributed by atoms with Crippen LogP contribution >= 0.6 is 0 Å². The molecule has 0 bridgehead atoms. The highest BCUT2D eigenvalue weighted by atomic mass is 19.1. The Hall–Kier alpha value is -7.87. The number of piperazine rings is 2. The summed E-state index contributed by atoms with van der Waals surface area (Å²) in [5.41, 5.74) is 4.19. The third-order valence-corrected chi connectivity index (χ3v) is 12.2. The highest BCUT2D eigenvalue weighted by molar-refractivity contribution is 6.01. The van der Waals surface area contributed by atoms with Crippen LogP contribution in [0.5, 0.6) is 0 Å². The van der Waals surface area contributed by atoms with Crippen molar-refractivity contribution in [2.75, 3.05) is 53.2 Å². The molecule has 18 nitrogen and oxygen atoms in total. The van der Waals surface area contributed by atoms with Crippen LogP contribution in [0.4, 0.5) is 36.8 Å². The van der Waals surface area contributed by atoms with Crippen molar-refractivity contribution in [3.8, 4) is 22.3 Å². The summed E-state index contributed by atoms with van der Waals surface area (Å²) < 4.78 is 34.5. The molecule has 5 N–H and O–H groups in total. The van der Waals surface area contributed by atoms with Crippen molar-refractivity contribution < 1.29 is 18.3 Å². The molecule has 20 heteroatoms. The van der Waals surface area contributed by atoms with Crippen LogP contribution in [0.2, 0.25) is 0 Å². The second kappa shape index (κ2) is 20.2. The van der Waals surface area contributed by atoms with Crippen LogP contribution in [0, 0.1) is 11.6 Å². The quantitative estimate of drug-likeness (QED) is 0.0873. The number of nitrogens with zero attached hydrogens (tertiary/aromatic N) is 11. The molecule has 2 aliphatic rings. The third kappa shape index (κ3) is 11.0. The second-order valence-corrected chi connectivity index (χ2v) is 19.4. The van der Waals surface area contributed by atoms with E-state index in [4.69, 9.17) is 14.7 Å². The van der Waals surface area contributed by atoms with E-state index in [0.717, 1.165) is 41.5 Å². The smallest absolute Gasteiger partial charge is 0.410 e. The van der Waals surface area contributed by atoms with Gasteiger partial charge in [-0.15, -0.1) is 0 Å². The Morgan fingerprint density at radius 2 is 1.23 bits per heavy atom. The molecule has 0 aromatic carbocycles. The summed E-state index contributed by atoms with van der Waals surface area (Å²) in [6.45, 7) is 18.6. The molecule has 2 fully saturated rings. The summed E-state index contributed by atoms with van der Waals surface area (Å²) in [5.74, 6) is 2.19. The summed E-state index contributed by atoms with van der Waals surface area (Å²) in [7, 11) is 0. The molecule has 0 radical (unpaired) electrons. The van der Waals surface area contributed by atoms with Crippen molar-refractivity contribution in [3.05, 3.63) is 121 Å². The number of pyridine rings is 4. The van der Waals surface area contributed by atoms with Crippen LogP contribution in [0.15, 0.2) is 98.4 Å². The molecule has 2 atom stereocenters. The number of nitrogens with one attached hydrogen (secondary N) is 5. The van der Waals surface area contributed by atoms with E-state index in [0.29, 0.717) is 95.4 Å². The largest absolute Gasteiger partial charge is 0.444 e. The maximum atomic E-state index is 14.5. The van der Waals surface area contributed by atoms with E-state index in [1.807, 2.05) is 71.0 Å². The molecule has 368 valence electrons. The zero-order chi connectivity index (χ0) is 49.9. The van der Waals surface area contributed by atoms with Gasteiger partial charge in [-0.2, -0.15) is 0 Å². The third-order valence-electron chi connectivity index (χ3n) is 12.2. The molecule has 2 aliphatic heterocycles. The Kier molecular flexibility index (Phi) is 13.7. The number of fused-ring (bicyclic) bond motifs is 2. The van der Waals surface area contributed by atoms with Crippen LogP contribution in [0.3, 0.4) is 0 Å². The molecule has 0 saturated carbocycles. The van der Waals surface area contributed by atoms with Crippen LogP contribution in [-0.2, 0) is 17.8 Å². The maximum absolute atomic E-state index is 14.5. The normalized spacial score (nSPS) is 16.9. The summed E-state index contributed by atoms with van der Waals surface area (Å²) in [5, 5.41) is 11.7. The van der Waals surface area contributed by atoms with Gasteiger partial charge in [0.2, 0.25) is 0 Å². The van der Waals surface area contributed by atoms with Gasteiger partial charge in [-0.05, 0) is 84.9 Å². The van der Waals surface area contributed by atoms with Crippen molar-refractivity contribution in [3.63, 3.8) is 0 Å². The first-order valence-electron chi connectivity index (χ1n) is 23.6. The number of hydrogen-bond acceptors (Lipinski definition) is 15. The van der Waals surface area contributed by atoms with Crippen LogP contribution in [0.1, 0.15) is 59.9 Å². The van der Waals surface area contributed by atoms with E-state index in [2.05, 4.69) is 79.5 Å². The molecule has 0 spiro atoms. The van der Waals surface area contributed by atoms with E-state index in [-0.39, 0.29) is 6.09 Å². The molecule has 8 aromatic heterocycles.